The van der Waals surface area contributed by atoms with Gasteiger partial charge in [0.15, 0.2) is 0 Å². The van der Waals surface area contributed by atoms with E-state index in [1.54, 1.807) is 0 Å². The molecule has 1 nitrogen and oxygen atoms in total. The van der Waals surface area contributed by atoms with Crippen LogP contribution in [-0.4, -0.2) is 4.98 Å². The molecule has 2 heterocycles. The van der Waals surface area contributed by atoms with Crippen molar-refractivity contribution < 1.29 is 0 Å². The summed E-state index contributed by atoms with van der Waals surface area (Å²) in [5.74, 6) is 0. The minimum atomic E-state index is -0.259. The minimum absolute atomic E-state index is 0.259. The maximum absolute atomic E-state index is 4.40. The molecule has 0 saturated carbocycles. The van der Waals surface area contributed by atoms with Gasteiger partial charge in [0.05, 0.1) is 5.03 Å². The Kier molecular flexibility index (Phi) is 2.33. The Balaban J connectivity index is 2.34. The Morgan fingerprint density at radius 2 is 1.92 bits per heavy atom. The van der Waals surface area contributed by atoms with Crippen LogP contribution in [-0.2, 0) is 0 Å². The molecule has 1 aliphatic heterocycles. The van der Waals surface area contributed by atoms with Gasteiger partial charge in [-0.25, -0.2) is 4.98 Å². The van der Waals surface area contributed by atoms with Gasteiger partial charge in [0.25, 0.3) is 0 Å². The Morgan fingerprint density at radius 1 is 1.17 bits per heavy atom. The number of nitrogens with zero attached hydrogens (tertiary/aromatic N) is 1. The van der Waals surface area contributed by atoms with E-state index in [0.717, 1.165) is 9.63 Å². The van der Waals surface area contributed by atoms with Gasteiger partial charge in [0, 0.05) is 0 Å². The monoisotopic (exact) mass is 241 g/mol. The number of hydrogen-bond donors (Lipinski definition) is 1. The standard InChI is InChI=1S/C9H8BrNS/c10-8-4-3-5-9(11-8)12-6-1-2-7-12/h1-7,12H. The van der Waals surface area contributed by atoms with Gasteiger partial charge in [-0.2, -0.15) is 10.9 Å². The lowest BCUT2D eigenvalue weighted by atomic mass is 10.5. The van der Waals surface area contributed by atoms with E-state index in [-0.39, 0.29) is 10.9 Å². The van der Waals surface area contributed by atoms with Gasteiger partial charge >= 0.3 is 0 Å². The predicted molar refractivity (Wildman–Crippen MR) is 57.5 cm³/mol. The summed E-state index contributed by atoms with van der Waals surface area (Å²) in [6, 6.07) is 6.04. The molecule has 0 saturated heterocycles. The molecular weight excluding hydrogens is 234 g/mol. The first-order valence-electron chi connectivity index (χ1n) is 3.62. The molecule has 0 atom stereocenters. The van der Waals surface area contributed by atoms with Gasteiger partial charge in [0.1, 0.15) is 4.60 Å². The van der Waals surface area contributed by atoms with Crippen LogP contribution in [0.15, 0.2) is 50.8 Å². The average Bonchev–Trinajstić information content (AvgIpc) is 2.56. The Hall–Kier alpha value is -0.540. The number of pyridine rings is 1. The molecule has 0 unspecified atom stereocenters. The molecule has 1 aliphatic rings. The van der Waals surface area contributed by atoms with E-state index >= 15 is 0 Å². The number of thiol groups is 1. The molecule has 1 aromatic rings. The van der Waals surface area contributed by atoms with Gasteiger partial charge in [0.2, 0.25) is 0 Å². The van der Waals surface area contributed by atoms with E-state index in [2.05, 4.69) is 49.9 Å². The van der Waals surface area contributed by atoms with Crippen LogP contribution in [0.1, 0.15) is 0 Å². The summed E-state index contributed by atoms with van der Waals surface area (Å²) in [5.41, 5.74) is 0. The van der Waals surface area contributed by atoms with E-state index in [4.69, 9.17) is 0 Å². The number of rotatable bonds is 1. The molecule has 3 heteroatoms. The van der Waals surface area contributed by atoms with Crippen LogP contribution in [0.5, 0.6) is 0 Å². The molecule has 0 bridgehead atoms. The zero-order chi connectivity index (χ0) is 8.39. The largest absolute Gasteiger partial charge is 0.236 e. The van der Waals surface area contributed by atoms with Crippen LogP contribution in [0.2, 0.25) is 0 Å². The topological polar surface area (TPSA) is 12.9 Å². The average molecular weight is 242 g/mol. The van der Waals surface area contributed by atoms with Crippen LogP contribution in [0.3, 0.4) is 0 Å². The third-order valence-electron chi connectivity index (χ3n) is 1.57. The van der Waals surface area contributed by atoms with Gasteiger partial charge in [-0.1, -0.05) is 18.2 Å². The SMILES string of the molecule is Brc1cccc([SH]2C=CC=C2)n1. The lowest BCUT2D eigenvalue weighted by Gasteiger charge is -2.08. The van der Waals surface area contributed by atoms with Crippen molar-refractivity contribution in [3.05, 3.63) is 45.8 Å². The van der Waals surface area contributed by atoms with Crippen molar-refractivity contribution in [2.75, 3.05) is 0 Å². The molecule has 0 aliphatic carbocycles. The van der Waals surface area contributed by atoms with E-state index in [9.17, 15) is 0 Å². The fourth-order valence-electron chi connectivity index (χ4n) is 1.03. The smallest absolute Gasteiger partial charge is 0.107 e. The van der Waals surface area contributed by atoms with E-state index in [1.807, 2.05) is 12.1 Å². The maximum atomic E-state index is 4.40. The summed E-state index contributed by atoms with van der Waals surface area (Å²) < 4.78 is 0.913. The van der Waals surface area contributed by atoms with E-state index in [0.29, 0.717) is 0 Å². The maximum Gasteiger partial charge on any atom is 0.107 e. The molecule has 0 fully saturated rings. The highest BCUT2D eigenvalue weighted by Crippen LogP contribution is 2.40. The second-order valence-electron chi connectivity index (χ2n) is 2.41. The Labute approximate surface area is 82.7 Å². The first-order chi connectivity index (χ1) is 5.86. The summed E-state index contributed by atoms with van der Waals surface area (Å²) in [6.45, 7) is 0. The van der Waals surface area contributed by atoms with Gasteiger partial charge in [-0.3, -0.25) is 0 Å². The molecule has 2 rings (SSSR count). The molecule has 1 aromatic heterocycles. The van der Waals surface area contributed by atoms with Crippen LogP contribution in [0, 0.1) is 0 Å². The van der Waals surface area contributed by atoms with Crippen molar-refractivity contribution in [2.24, 2.45) is 0 Å². The third-order valence-corrected chi connectivity index (χ3v) is 3.78. The first-order valence-corrected chi connectivity index (χ1v) is 5.89. The first kappa shape index (κ1) is 8.08. The van der Waals surface area contributed by atoms with Gasteiger partial charge < -0.3 is 0 Å². The number of hydrogen-bond acceptors (Lipinski definition) is 1. The van der Waals surface area contributed by atoms with Crippen molar-refractivity contribution in [3.63, 3.8) is 0 Å². The van der Waals surface area contributed by atoms with Crippen LogP contribution in [0.4, 0.5) is 0 Å². The third kappa shape index (κ3) is 1.62. The molecule has 0 spiro atoms. The Morgan fingerprint density at radius 3 is 2.58 bits per heavy atom. The fourth-order valence-corrected chi connectivity index (χ4v) is 2.97. The summed E-state index contributed by atoms with van der Waals surface area (Å²) >= 11 is 3.36. The highest BCUT2D eigenvalue weighted by Gasteiger charge is 2.03. The summed E-state index contributed by atoms with van der Waals surface area (Å²) in [4.78, 5) is 4.40. The van der Waals surface area contributed by atoms with Crippen molar-refractivity contribution in [1.29, 1.82) is 0 Å². The van der Waals surface area contributed by atoms with Crippen LogP contribution < -0.4 is 0 Å². The molecule has 0 N–H and O–H groups in total. The van der Waals surface area contributed by atoms with Crippen LogP contribution in [0.25, 0.3) is 0 Å². The minimum Gasteiger partial charge on any atom is -0.236 e. The van der Waals surface area contributed by atoms with E-state index < -0.39 is 0 Å². The van der Waals surface area contributed by atoms with E-state index in [1.165, 1.54) is 0 Å². The van der Waals surface area contributed by atoms with Crippen molar-refractivity contribution in [2.45, 2.75) is 5.03 Å². The summed E-state index contributed by atoms with van der Waals surface area (Å²) in [7, 11) is -0.259. The Bertz CT molecular complexity index is 334. The molecule has 12 heavy (non-hydrogen) atoms. The quantitative estimate of drug-likeness (QED) is 0.589. The summed E-state index contributed by atoms with van der Waals surface area (Å²) in [5, 5.41) is 5.55. The van der Waals surface area contributed by atoms with Crippen molar-refractivity contribution >= 4 is 26.8 Å². The molecule has 62 valence electrons. The number of aromatic nitrogens is 1. The zero-order valence-electron chi connectivity index (χ0n) is 6.31. The molecule has 0 radical (unpaired) electrons. The lowest BCUT2D eigenvalue weighted by Crippen LogP contribution is -1.81. The second-order valence-corrected chi connectivity index (χ2v) is 5.09. The highest BCUT2D eigenvalue weighted by atomic mass is 79.9. The normalized spacial score (nSPS) is 17.2. The van der Waals surface area contributed by atoms with Crippen LogP contribution >= 0.6 is 26.8 Å². The molecule has 0 amide bonds. The van der Waals surface area contributed by atoms with Gasteiger partial charge in [-0.15, -0.1) is 0 Å². The number of allylic oxidation sites excluding steroid dienone is 2. The van der Waals surface area contributed by atoms with Gasteiger partial charge in [-0.05, 0) is 38.9 Å². The molecular formula is C9H8BrNS. The highest BCUT2D eigenvalue weighted by molar-refractivity contribution is 9.10. The van der Waals surface area contributed by atoms with Crippen molar-refractivity contribution in [3.8, 4) is 0 Å². The predicted octanol–water partition coefficient (Wildman–Crippen LogP) is 3.25. The number of halogens is 1. The zero-order valence-corrected chi connectivity index (χ0v) is 8.79. The second kappa shape index (κ2) is 3.46. The fraction of sp³-hybridized carbons (Fsp3) is 0. The van der Waals surface area contributed by atoms with Crippen molar-refractivity contribution in [1.82, 2.24) is 4.98 Å². The summed E-state index contributed by atoms with van der Waals surface area (Å²) in [6.07, 6.45) is 4.16. The molecule has 0 aromatic carbocycles. The lowest BCUT2D eigenvalue weighted by molar-refractivity contribution is 1.10.